The van der Waals surface area contributed by atoms with E-state index in [0.717, 1.165) is 0 Å². The highest BCUT2D eigenvalue weighted by molar-refractivity contribution is 7.12. The lowest BCUT2D eigenvalue weighted by Crippen LogP contribution is -2.31. The van der Waals surface area contributed by atoms with Crippen LogP contribution in [0.25, 0.3) is 0 Å². The summed E-state index contributed by atoms with van der Waals surface area (Å²) in [6.45, 7) is 0.551. The van der Waals surface area contributed by atoms with Gasteiger partial charge in [-0.25, -0.2) is 4.39 Å². The van der Waals surface area contributed by atoms with Crippen LogP contribution in [0.1, 0.15) is 21.7 Å². The van der Waals surface area contributed by atoms with E-state index in [1.165, 1.54) is 35.5 Å². The predicted octanol–water partition coefficient (Wildman–Crippen LogP) is 2.67. The van der Waals surface area contributed by atoms with Crippen LogP contribution >= 0.6 is 11.3 Å². The van der Waals surface area contributed by atoms with Crippen LogP contribution < -0.4 is 10.1 Å². The van der Waals surface area contributed by atoms with E-state index in [4.69, 9.17) is 4.74 Å². The molecule has 0 saturated carbocycles. The summed E-state index contributed by atoms with van der Waals surface area (Å²) in [7, 11) is 3.05. The van der Waals surface area contributed by atoms with Gasteiger partial charge in [-0.05, 0) is 29.1 Å². The Morgan fingerprint density at radius 1 is 1.33 bits per heavy atom. The van der Waals surface area contributed by atoms with E-state index >= 15 is 0 Å². The first-order chi connectivity index (χ1) is 11.5. The number of benzene rings is 1. The molecule has 0 aliphatic rings. The molecular weight excluding hydrogens is 331 g/mol. The molecule has 128 valence electrons. The van der Waals surface area contributed by atoms with Gasteiger partial charge in [-0.15, -0.1) is 11.3 Å². The lowest BCUT2D eigenvalue weighted by Gasteiger charge is -2.18. The lowest BCUT2D eigenvalue weighted by molar-refractivity contribution is -0.130. The van der Waals surface area contributed by atoms with Crippen LogP contribution in [0.2, 0.25) is 0 Å². The van der Waals surface area contributed by atoms with Crippen molar-refractivity contribution < 1.29 is 18.7 Å². The van der Waals surface area contributed by atoms with Crippen molar-refractivity contribution in [1.82, 2.24) is 10.2 Å². The first-order valence-electron chi connectivity index (χ1n) is 7.39. The van der Waals surface area contributed by atoms with Crippen molar-refractivity contribution in [3.8, 4) is 5.75 Å². The summed E-state index contributed by atoms with van der Waals surface area (Å²) in [6, 6.07) is 8.12. The van der Waals surface area contributed by atoms with Gasteiger partial charge in [0.05, 0.1) is 12.0 Å². The highest BCUT2D eigenvalue weighted by Gasteiger charge is 2.12. The second kappa shape index (κ2) is 8.44. The fraction of sp³-hybridized carbons (Fsp3) is 0.294. The smallest absolute Gasteiger partial charge is 0.261 e. The molecule has 0 radical (unpaired) electrons. The monoisotopic (exact) mass is 350 g/mol. The van der Waals surface area contributed by atoms with Gasteiger partial charge in [0.1, 0.15) is 0 Å². The second-order valence-electron chi connectivity index (χ2n) is 5.20. The van der Waals surface area contributed by atoms with Gasteiger partial charge in [0.25, 0.3) is 5.91 Å². The molecule has 2 aromatic rings. The number of hydrogen-bond donors (Lipinski definition) is 1. The molecule has 0 saturated heterocycles. The van der Waals surface area contributed by atoms with Gasteiger partial charge in [0.2, 0.25) is 5.91 Å². The van der Waals surface area contributed by atoms with Crippen molar-refractivity contribution in [3.05, 3.63) is 52.0 Å². The molecular formula is C17H19FN2O3S. The van der Waals surface area contributed by atoms with Crippen LogP contribution in [0, 0.1) is 5.82 Å². The van der Waals surface area contributed by atoms with Crippen molar-refractivity contribution >= 4 is 23.2 Å². The summed E-state index contributed by atoms with van der Waals surface area (Å²) in [6.07, 6.45) is 0.187. The Morgan fingerprint density at radius 3 is 2.75 bits per heavy atom. The molecule has 0 spiro atoms. The number of carbonyl (C=O) groups is 2. The number of amides is 2. The molecule has 0 aliphatic heterocycles. The zero-order chi connectivity index (χ0) is 17.5. The van der Waals surface area contributed by atoms with E-state index in [2.05, 4.69) is 5.32 Å². The molecule has 1 aromatic heterocycles. The lowest BCUT2D eigenvalue weighted by atomic mass is 10.2. The Morgan fingerprint density at radius 2 is 2.12 bits per heavy atom. The minimum Gasteiger partial charge on any atom is -0.494 e. The molecule has 2 amide bonds. The maximum Gasteiger partial charge on any atom is 0.261 e. The van der Waals surface area contributed by atoms with Gasteiger partial charge < -0.3 is 15.0 Å². The van der Waals surface area contributed by atoms with Crippen molar-refractivity contribution in [1.29, 1.82) is 0 Å². The first kappa shape index (κ1) is 17.9. The molecule has 2 rings (SSSR count). The highest BCUT2D eigenvalue weighted by atomic mass is 32.1. The van der Waals surface area contributed by atoms with Gasteiger partial charge in [-0.1, -0.05) is 12.1 Å². The molecule has 0 bridgehead atoms. The quantitative estimate of drug-likeness (QED) is 0.835. The maximum atomic E-state index is 13.7. The van der Waals surface area contributed by atoms with Gasteiger partial charge in [0.15, 0.2) is 11.6 Å². The minimum absolute atomic E-state index is 0.127. The Hall–Kier alpha value is -2.41. The number of ether oxygens (including phenoxy) is 1. The molecule has 0 aliphatic carbocycles. The molecule has 7 heteroatoms. The molecule has 0 unspecified atom stereocenters. The summed E-state index contributed by atoms with van der Waals surface area (Å²) in [4.78, 5) is 26.0. The van der Waals surface area contributed by atoms with Crippen LogP contribution in [-0.2, 0) is 11.3 Å². The predicted molar refractivity (Wildman–Crippen MR) is 90.7 cm³/mol. The van der Waals surface area contributed by atoms with E-state index in [-0.39, 0.29) is 30.5 Å². The normalized spacial score (nSPS) is 10.3. The third-order valence-corrected chi connectivity index (χ3v) is 4.30. The Bertz CT molecular complexity index is 704. The van der Waals surface area contributed by atoms with E-state index < -0.39 is 5.82 Å². The third kappa shape index (κ3) is 4.79. The van der Waals surface area contributed by atoms with Crippen LogP contribution in [0.3, 0.4) is 0 Å². The van der Waals surface area contributed by atoms with E-state index in [1.54, 1.807) is 25.2 Å². The number of rotatable bonds is 7. The van der Waals surface area contributed by atoms with Crippen LogP contribution in [0.5, 0.6) is 5.75 Å². The maximum absolute atomic E-state index is 13.7. The zero-order valence-corrected chi connectivity index (χ0v) is 14.4. The largest absolute Gasteiger partial charge is 0.494 e. The molecule has 1 aromatic carbocycles. The molecule has 0 fully saturated rings. The number of nitrogens with zero attached hydrogens (tertiary/aromatic N) is 1. The molecule has 5 nitrogen and oxygen atoms in total. The number of hydrogen-bond acceptors (Lipinski definition) is 4. The summed E-state index contributed by atoms with van der Waals surface area (Å²) in [5, 5.41) is 4.53. The fourth-order valence-corrected chi connectivity index (χ4v) is 2.78. The zero-order valence-electron chi connectivity index (χ0n) is 13.5. The topological polar surface area (TPSA) is 58.6 Å². The minimum atomic E-state index is -0.459. The van der Waals surface area contributed by atoms with Gasteiger partial charge in [-0.2, -0.15) is 0 Å². The summed E-state index contributed by atoms with van der Waals surface area (Å²) in [5.41, 5.74) is 0.673. The van der Waals surface area contributed by atoms with Crippen molar-refractivity contribution in [3.63, 3.8) is 0 Å². The van der Waals surface area contributed by atoms with Crippen LogP contribution in [0.4, 0.5) is 4.39 Å². The molecule has 1 N–H and O–H groups in total. The van der Waals surface area contributed by atoms with E-state index in [1.807, 2.05) is 5.38 Å². The Labute approximate surface area is 144 Å². The van der Waals surface area contributed by atoms with Crippen molar-refractivity contribution in [2.24, 2.45) is 0 Å². The Balaban J connectivity index is 1.79. The van der Waals surface area contributed by atoms with Gasteiger partial charge >= 0.3 is 0 Å². The standard InChI is InChI=1S/C17H19FN2O3S/c1-20(11-12-5-6-14(23-2)13(18)10-12)16(21)7-8-19-17(22)15-4-3-9-24-15/h3-6,9-10H,7-8,11H2,1-2H3,(H,19,22). The van der Waals surface area contributed by atoms with Crippen LogP contribution in [-0.4, -0.2) is 37.4 Å². The van der Waals surface area contributed by atoms with Gasteiger partial charge in [-0.3, -0.25) is 9.59 Å². The highest BCUT2D eigenvalue weighted by Crippen LogP contribution is 2.18. The average molecular weight is 350 g/mol. The molecule has 1 heterocycles. The number of thiophene rings is 1. The van der Waals surface area contributed by atoms with Crippen molar-refractivity contribution in [2.75, 3.05) is 20.7 Å². The van der Waals surface area contributed by atoms with E-state index in [0.29, 0.717) is 17.0 Å². The van der Waals surface area contributed by atoms with E-state index in [9.17, 15) is 14.0 Å². The number of carbonyl (C=O) groups excluding carboxylic acids is 2. The van der Waals surface area contributed by atoms with Gasteiger partial charge in [0, 0.05) is 26.6 Å². The second-order valence-corrected chi connectivity index (χ2v) is 6.15. The molecule has 24 heavy (non-hydrogen) atoms. The molecule has 0 atom stereocenters. The summed E-state index contributed by atoms with van der Waals surface area (Å²) >= 11 is 1.35. The third-order valence-electron chi connectivity index (χ3n) is 3.43. The van der Waals surface area contributed by atoms with Crippen molar-refractivity contribution in [2.45, 2.75) is 13.0 Å². The number of methoxy groups -OCH3 is 1. The SMILES string of the molecule is COc1ccc(CN(C)C(=O)CCNC(=O)c2cccs2)cc1F. The fourth-order valence-electron chi connectivity index (χ4n) is 2.14. The first-order valence-corrected chi connectivity index (χ1v) is 8.27. The Kier molecular flexibility index (Phi) is 6.31. The average Bonchev–Trinajstić information content (AvgIpc) is 3.09. The summed E-state index contributed by atoms with van der Waals surface area (Å²) < 4.78 is 18.5. The number of nitrogens with one attached hydrogen (secondary N) is 1. The van der Waals surface area contributed by atoms with Crippen LogP contribution in [0.15, 0.2) is 35.7 Å². The number of halogens is 1. The summed E-state index contributed by atoms with van der Waals surface area (Å²) in [5.74, 6) is -0.599.